The Morgan fingerprint density at radius 3 is 2.59 bits per heavy atom. The third-order valence-corrected chi connectivity index (χ3v) is 3.98. The number of rotatable bonds is 10. The van der Waals surface area contributed by atoms with Crippen molar-refractivity contribution >= 4 is 10.8 Å². The molecule has 0 radical (unpaired) electrons. The van der Waals surface area contributed by atoms with E-state index in [0.717, 1.165) is 38.3 Å². The van der Waals surface area contributed by atoms with Gasteiger partial charge in [0.15, 0.2) is 0 Å². The highest BCUT2D eigenvalue weighted by molar-refractivity contribution is 5.87. The van der Waals surface area contributed by atoms with Gasteiger partial charge in [-0.1, -0.05) is 63.4 Å². The molecule has 1 N–H and O–H groups in total. The van der Waals surface area contributed by atoms with Crippen LogP contribution in [-0.4, -0.2) is 13.2 Å². The Bertz CT molecular complexity index is 565. The van der Waals surface area contributed by atoms with E-state index in [2.05, 4.69) is 55.6 Å². The second-order valence-corrected chi connectivity index (χ2v) is 5.85. The van der Waals surface area contributed by atoms with Crippen LogP contribution in [0.25, 0.3) is 10.8 Å². The fraction of sp³-hybridized carbons (Fsp3) is 0.500. The number of nitrogens with one attached hydrogen (secondary N) is 1. The standard InChI is InChI=1S/C20H29NO/c1-3-5-6-9-15-22-20-13-12-17-10-7-8-11-18(17)19(20)16-21-14-4-2/h7-8,10-13,21H,3-6,9,14-16H2,1-2H3. The Hall–Kier alpha value is -1.54. The fourth-order valence-corrected chi connectivity index (χ4v) is 2.73. The summed E-state index contributed by atoms with van der Waals surface area (Å²) in [4.78, 5) is 0. The molecule has 2 aromatic carbocycles. The number of fused-ring (bicyclic) bond motifs is 1. The van der Waals surface area contributed by atoms with Crippen LogP contribution in [0.4, 0.5) is 0 Å². The summed E-state index contributed by atoms with van der Waals surface area (Å²) < 4.78 is 6.08. The summed E-state index contributed by atoms with van der Waals surface area (Å²) >= 11 is 0. The second-order valence-electron chi connectivity index (χ2n) is 5.85. The van der Waals surface area contributed by atoms with Crippen molar-refractivity contribution in [3.8, 4) is 5.75 Å². The minimum Gasteiger partial charge on any atom is -0.493 e. The molecule has 0 unspecified atom stereocenters. The first-order valence-corrected chi connectivity index (χ1v) is 8.71. The van der Waals surface area contributed by atoms with Crippen molar-refractivity contribution in [2.45, 2.75) is 52.5 Å². The van der Waals surface area contributed by atoms with Crippen molar-refractivity contribution in [3.05, 3.63) is 42.0 Å². The Balaban J connectivity index is 2.11. The van der Waals surface area contributed by atoms with Crippen molar-refractivity contribution < 1.29 is 4.74 Å². The average Bonchev–Trinajstić information content (AvgIpc) is 2.56. The van der Waals surface area contributed by atoms with E-state index >= 15 is 0 Å². The lowest BCUT2D eigenvalue weighted by Gasteiger charge is -2.15. The normalized spacial score (nSPS) is 11.0. The number of hydrogen-bond acceptors (Lipinski definition) is 2. The molecule has 0 amide bonds. The molecule has 0 aromatic heterocycles. The Labute approximate surface area is 134 Å². The third kappa shape index (κ3) is 4.74. The first-order valence-electron chi connectivity index (χ1n) is 8.71. The second kappa shape index (κ2) is 9.47. The lowest BCUT2D eigenvalue weighted by atomic mass is 10.0. The Kier molecular flexibility index (Phi) is 7.24. The predicted octanol–water partition coefficient (Wildman–Crippen LogP) is 5.30. The molecular formula is C20H29NO. The molecule has 0 saturated heterocycles. The van der Waals surface area contributed by atoms with Crippen LogP contribution in [0.5, 0.6) is 5.75 Å². The summed E-state index contributed by atoms with van der Waals surface area (Å²) in [5, 5.41) is 6.10. The molecule has 0 aliphatic rings. The molecule has 2 aromatic rings. The van der Waals surface area contributed by atoms with Gasteiger partial charge in [0.1, 0.15) is 5.75 Å². The van der Waals surface area contributed by atoms with Gasteiger partial charge in [-0.25, -0.2) is 0 Å². The van der Waals surface area contributed by atoms with E-state index in [9.17, 15) is 0 Å². The van der Waals surface area contributed by atoms with Crippen molar-refractivity contribution in [3.63, 3.8) is 0 Å². The molecule has 2 nitrogen and oxygen atoms in total. The first-order chi connectivity index (χ1) is 10.9. The highest BCUT2D eigenvalue weighted by Gasteiger charge is 2.08. The van der Waals surface area contributed by atoms with Gasteiger partial charge in [-0.3, -0.25) is 0 Å². The summed E-state index contributed by atoms with van der Waals surface area (Å²) in [5.41, 5.74) is 1.29. The summed E-state index contributed by atoms with van der Waals surface area (Å²) in [7, 11) is 0. The molecular weight excluding hydrogens is 270 g/mol. The molecule has 0 fully saturated rings. The molecule has 2 heteroatoms. The van der Waals surface area contributed by atoms with Crippen molar-refractivity contribution in [2.75, 3.05) is 13.2 Å². The molecule has 0 aliphatic carbocycles. The van der Waals surface area contributed by atoms with E-state index < -0.39 is 0 Å². The van der Waals surface area contributed by atoms with Crippen LogP contribution >= 0.6 is 0 Å². The van der Waals surface area contributed by atoms with E-state index in [4.69, 9.17) is 4.74 Å². The minimum atomic E-state index is 0.819. The number of hydrogen-bond donors (Lipinski definition) is 1. The molecule has 120 valence electrons. The van der Waals surface area contributed by atoms with Gasteiger partial charge < -0.3 is 10.1 Å². The van der Waals surface area contributed by atoms with Crippen molar-refractivity contribution in [2.24, 2.45) is 0 Å². The van der Waals surface area contributed by atoms with Crippen LogP contribution in [0.1, 0.15) is 51.5 Å². The molecule has 0 aliphatic heterocycles. The van der Waals surface area contributed by atoms with Gasteiger partial charge in [0.05, 0.1) is 6.61 Å². The van der Waals surface area contributed by atoms with Crippen LogP contribution < -0.4 is 10.1 Å². The molecule has 0 spiro atoms. The molecule has 0 heterocycles. The van der Waals surface area contributed by atoms with Crippen molar-refractivity contribution in [1.29, 1.82) is 0 Å². The van der Waals surface area contributed by atoms with E-state index in [-0.39, 0.29) is 0 Å². The van der Waals surface area contributed by atoms with E-state index in [1.807, 2.05) is 0 Å². The monoisotopic (exact) mass is 299 g/mol. The number of unbranched alkanes of at least 4 members (excludes halogenated alkanes) is 3. The van der Waals surface area contributed by atoms with Crippen LogP contribution in [0.2, 0.25) is 0 Å². The third-order valence-electron chi connectivity index (χ3n) is 3.98. The van der Waals surface area contributed by atoms with Gasteiger partial charge in [-0.05, 0) is 36.2 Å². The molecule has 0 atom stereocenters. The zero-order valence-corrected chi connectivity index (χ0v) is 14.0. The average molecular weight is 299 g/mol. The van der Waals surface area contributed by atoms with Crippen LogP contribution in [0.3, 0.4) is 0 Å². The van der Waals surface area contributed by atoms with Gasteiger partial charge in [0, 0.05) is 12.1 Å². The minimum absolute atomic E-state index is 0.819. The van der Waals surface area contributed by atoms with Crippen LogP contribution in [0, 0.1) is 0 Å². The van der Waals surface area contributed by atoms with Gasteiger partial charge in [0.25, 0.3) is 0 Å². The lowest BCUT2D eigenvalue weighted by molar-refractivity contribution is 0.302. The van der Waals surface area contributed by atoms with Gasteiger partial charge in [-0.15, -0.1) is 0 Å². The molecule has 22 heavy (non-hydrogen) atoms. The maximum atomic E-state index is 6.08. The summed E-state index contributed by atoms with van der Waals surface area (Å²) in [5.74, 6) is 1.04. The quantitative estimate of drug-likeness (QED) is 0.601. The number of benzene rings is 2. The van der Waals surface area contributed by atoms with Gasteiger partial charge in [0.2, 0.25) is 0 Å². The SMILES string of the molecule is CCCCCCOc1ccc2ccccc2c1CNCCC. The van der Waals surface area contributed by atoms with Crippen LogP contribution in [-0.2, 0) is 6.54 Å². The molecule has 0 bridgehead atoms. The van der Waals surface area contributed by atoms with E-state index in [0.29, 0.717) is 0 Å². The van der Waals surface area contributed by atoms with Gasteiger partial charge >= 0.3 is 0 Å². The molecule has 2 rings (SSSR count). The first kappa shape index (κ1) is 16.8. The smallest absolute Gasteiger partial charge is 0.124 e. The van der Waals surface area contributed by atoms with Crippen molar-refractivity contribution in [1.82, 2.24) is 5.32 Å². The molecule has 0 saturated carbocycles. The van der Waals surface area contributed by atoms with E-state index in [1.54, 1.807) is 0 Å². The Morgan fingerprint density at radius 2 is 1.77 bits per heavy atom. The predicted molar refractivity (Wildman–Crippen MR) is 95.6 cm³/mol. The zero-order valence-electron chi connectivity index (χ0n) is 14.0. The zero-order chi connectivity index (χ0) is 15.6. The van der Waals surface area contributed by atoms with Crippen LogP contribution in [0.15, 0.2) is 36.4 Å². The van der Waals surface area contributed by atoms with Gasteiger partial charge in [-0.2, -0.15) is 0 Å². The maximum absolute atomic E-state index is 6.08. The number of ether oxygens (including phenoxy) is 1. The maximum Gasteiger partial charge on any atom is 0.124 e. The Morgan fingerprint density at radius 1 is 0.909 bits per heavy atom. The summed E-state index contributed by atoms with van der Waals surface area (Å²) in [6, 6.07) is 12.9. The highest BCUT2D eigenvalue weighted by atomic mass is 16.5. The summed E-state index contributed by atoms with van der Waals surface area (Å²) in [6.45, 7) is 7.17. The summed E-state index contributed by atoms with van der Waals surface area (Å²) in [6.07, 6.45) is 6.11. The largest absolute Gasteiger partial charge is 0.493 e. The fourth-order valence-electron chi connectivity index (χ4n) is 2.73. The van der Waals surface area contributed by atoms with E-state index in [1.165, 1.54) is 35.6 Å². The lowest BCUT2D eigenvalue weighted by Crippen LogP contribution is -2.15. The topological polar surface area (TPSA) is 21.3 Å². The highest BCUT2D eigenvalue weighted by Crippen LogP contribution is 2.28.